The van der Waals surface area contributed by atoms with Gasteiger partial charge in [-0.1, -0.05) is 26.0 Å². The van der Waals surface area contributed by atoms with E-state index in [1.807, 2.05) is 24.3 Å². The van der Waals surface area contributed by atoms with Gasteiger partial charge in [0.15, 0.2) is 11.5 Å². The van der Waals surface area contributed by atoms with E-state index in [1.165, 1.54) is 5.56 Å². The number of hydrogen-bond acceptors (Lipinski definition) is 3. The van der Waals surface area contributed by atoms with Crippen LogP contribution in [0.1, 0.15) is 31.7 Å². The van der Waals surface area contributed by atoms with Crippen molar-refractivity contribution in [2.75, 3.05) is 18.0 Å². The minimum absolute atomic E-state index is 0.0682. The van der Waals surface area contributed by atoms with Crippen molar-refractivity contribution in [1.82, 2.24) is 5.32 Å². The topological polar surface area (TPSA) is 50.8 Å². The first-order chi connectivity index (χ1) is 11.7. The van der Waals surface area contributed by atoms with Crippen LogP contribution in [0.4, 0.5) is 10.5 Å². The summed E-state index contributed by atoms with van der Waals surface area (Å²) >= 11 is 0. The fraction of sp³-hybridized carbons (Fsp3) is 0.316. The lowest BCUT2D eigenvalue weighted by Crippen LogP contribution is -2.27. The van der Waals surface area contributed by atoms with Gasteiger partial charge < -0.3 is 5.32 Å². The van der Waals surface area contributed by atoms with Crippen molar-refractivity contribution in [2.24, 2.45) is 0 Å². The Morgan fingerprint density at radius 1 is 1.04 bits per heavy atom. The van der Waals surface area contributed by atoms with Crippen molar-refractivity contribution in [3.63, 3.8) is 0 Å². The van der Waals surface area contributed by atoms with Gasteiger partial charge in [-0.2, -0.15) is 0 Å². The van der Waals surface area contributed by atoms with E-state index in [4.69, 9.17) is 9.78 Å². The predicted octanol–water partition coefficient (Wildman–Crippen LogP) is 4.10. The molecule has 1 aliphatic heterocycles. The van der Waals surface area contributed by atoms with Gasteiger partial charge in [0.05, 0.1) is 0 Å². The van der Waals surface area contributed by atoms with Crippen LogP contribution < -0.4 is 20.0 Å². The van der Waals surface area contributed by atoms with Crippen LogP contribution in [0.5, 0.6) is 11.5 Å². The SMILES string of the molecule is CCC(C)c1ccc(OOc2ccc(N3CCNC3=O)cc2)cc1. The number of rotatable bonds is 6. The van der Waals surface area contributed by atoms with Gasteiger partial charge in [-0.15, -0.1) is 0 Å². The first kappa shape index (κ1) is 16.2. The fourth-order valence-corrected chi connectivity index (χ4v) is 2.58. The molecule has 1 unspecified atom stereocenters. The zero-order valence-corrected chi connectivity index (χ0v) is 14.0. The summed E-state index contributed by atoms with van der Waals surface area (Å²) < 4.78 is 0. The van der Waals surface area contributed by atoms with Crippen molar-refractivity contribution in [3.05, 3.63) is 54.1 Å². The molecule has 1 atom stereocenters. The van der Waals surface area contributed by atoms with Crippen LogP contribution in [0.3, 0.4) is 0 Å². The molecule has 0 aromatic heterocycles. The average molecular weight is 326 g/mol. The van der Waals surface area contributed by atoms with Crippen LogP contribution in [0.2, 0.25) is 0 Å². The smallest absolute Gasteiger partial charge is 0.321 e. The Hall–Kier alpha value is -2.69. The molecule has 0 saturated carbocycles. The van der Waals surface area contributed by atoms with E-state index in [-0.39, 0.29) is 6.03 Å². The zero-order valence-electron chi connectivity index (χ0n) is 14.0. The molecule has 1 N–H and O–H groups in total. The third-order valence-electron chi connectivity index (χ3n) is 4.30. The van der Waals surface area contributed by atoms with Crippen molar-refractivity contribution in [2.45, 2.75) is 26.2 Å². The molecule has 2 aromatic carbocycles. The molecule has 3 rings (SSSR count). The standard InChI is InChI=1S/C19H22N2O3/c1-3-14(2)15-4-8-17(9-5-15)23-24-18-10-6-16(7-11-18)21-13-12-20-19(21)22/h4-11,14H,3,12-13H2,1-2H3,(H,20,22). The van der Waals surface area contributed by atoms with Crippen molar-refractivity contribution < 1.29 is 14.6 Å². The monoisotopic (exact) mass is 326 g/mol. The summed E-state index contributed by atoms with van der Waals surface area (Å²) in [5.74, 6) is 1.78. The molecule has 24 heavy (non-hydrogen) atoms. The zero-order chi connectivity index (χ0) is 16.9. The molecule has 2 aromatic rings. The lowest BCUT2D eigenvalue weighted by molar-refractivity contribution is -0.0999. The molecule has 0 bridgehead atoms. The number of nitrogens with zero attached hydrogens (tertiary/aromatic N) is 1. The molecule has 1 aliphatic rings. The van der Waals surface area contributed by atoms with Crippen LogP contribution in [0, 0.1) is 0 Å². The molecule has 1 saturated heterocycles. The van der Waals surface area contributed by atoms with Crippen LogP contribution in [-0.4, -0.2) is 19.1 Å². The van der Waals surface area contributed by atoms with E-state index in [1.54, 1.807) is 17.0 Å². The highest BCUT2D eigenvalue weighted by atomic mass is 17.2. The predicted molar refractivity (Wildman–Crippen MR) is 93.6 cm³/mol. The van der Waals surface area contributed by atoms with Gasteiger partial charge in [-0.3, -0.25) is 14.7 Å². The first-order valence-electron chi connectivity index (χ1n) is 8.27. The van der Waals surface area contributed by atoms with Crippen molar-refractivity contribution in [1.29, 1.82) is 0 Å². The molecule has 1 heterocycles. The molecule has 0 spiro atoms. The van der Waals surface area contributed by atoms with Gasteiger partial charge >= 0.3 is 6.03 Å². The van der Waals surface area contributed by atoms with Gasteiger partial charge in [-0.05, 0) is 54.3 Å². The molecule has 5 nitrogen and oxygen atoms in total. The van der Waals surface area contributed by atoms with E-state index in [0.29, 0.717) is 30.5 Å². The summed E-state index contributed by atoms with van der Waals surface area (Å²) in [6.07, 6.45) is 1.11. The number of hydrogen-bond donors (Lipinski definition) is 1. The Balaban J connectivity index is 1.57. The molecular weight excluding hydrogens is 304 g/mol. The summed E-state index contributed by atoms with van der Waals surface area (Å²) in [6.45, 7) is 5.73. The number of benzene rings is 2. The number of carbonyl (C=O) groups is 1. The second-order valence-corrected chi connectivity index (χ2v) is 5.92. The molecule has 0 aliphatic carbocycles. The van der Waals surface area contributed by atoms with Crippen molar-refractivity contribution in [3.8, 4) is 11.5 Å². The number of urea groups is 1. The van der Waals surface area contributed by atoms with Gasteiger partial charge in [-0.25, -0.2) is 4.79 Å². The Labute approximate surface area is 142 Å². The minimum Gasteiger partial charge on any atom is -0.336 e. The quantitative estimate of drug-likeness (QED) is 0.642. The summed E-state index contributed by atoms with van der Waals surface area (Å²) in [7, 11) is 0. The van der Waals surface area contributed by atoms with E-state index in [9.17, 15) is 4.79 Å². The highest BCUT2D eigenvalue weighted by Crippen LogP contribution is 2.24. The van der Waals surface area contributed by atoms with Crippen LogP contribution in [-0.2, 0) is 0 Å². The Morgan fingerprint density at radius 2 is 1.62 bits per heavy atom. The lowest BCUT2D eigenvalue weighted by Gasteiger charge is -2.14. The number of carbonyl (C=O) groups excluding carboxylic acids is 1. The molecule has 0 radical (unpaired) electrons. The molecule has 126 valence electrons. The van der Waals surface area contributed by atoms with Crippen LogP contribution in [0.15, 0.2) is 48.5 Å². The average Bonchev–Trinajstić information content (AvgIpc) is 3.06. The Bertz CT molecular complexity index is 683. The van der Waals surface area contributed by atoms with E-state index in [0.717, 1.165) is 12.1 Å². The summed E-state index contributed by atoms with van der Waals surface area (Å²) in [5, 5.41) is 2.78. The highest BCUT2D eigenvalue weighted by Gasteiger charge is 2.20. The second kappa shape index (κ2) is 7.25. The Morgan fingerprint density at radius 3 is 2.12 bits per heavy atom. The summed E-state index contributed by atoms with van der Waals surface area (Å²) in [6, 6.07) is 15.1. The van der Waals surface area contributed by atoms with Gasteiger partial charge in [0.25, 0.3) is 0 Å². The highest BCUT2D eigenvalue weighted by molar-refractivity contribution is 5.94. The summed E-state index contributed by atoms with van der Waals surface area (Å²) in [4.78, 5) is 24.0. The fourth-order valence-electron chi connectivity index (χ4n) is 2.58. The largest absolute Gasteiger partial charge is 0.336 e. The first-order valence-corrected chi connectivity index (χ1v) is 8.27. The maximum Gasteiger partial charge on any atom is 0.321 e. The van der Waals surface area contributed by atoms with E-state index >= 15 is 0 Å². The number of amides is 2. The third-order valence-corrected chi connectivity index (χ3v) is 4.30. The van der Waals surface area contributed by atoms with E-state index in [2.05, 4.69) is 31.3 Å². The van der Waals surface area contributed by atoms with Crippen LogP contribution >= 0.6 is 0 Å². The van der Waals surface area contributed by atoms with Gasteiger partial charge in [0, 0.05) is 18.8 Å². The Kier molecular flexibility index (Phi) is 4.89. The normalized spacial score (nSPS) is 15.1. The second-order valence-electron chi connectivity index (χ2n) is 5.92. The van der Waals surface area contributed by atoms with Crippen LogP contribution in [0.25, 0.3) is 0 Å². The minimum atomic E-state index is -0.0682. The third kappa shape index (κ3) is 3.62. The molecule has 5 heteroatoms. The maximum atomic E-state index is 11.6. The number of nitrogens with one attached hydrogen (secondary N) is 1. The van der Waals surface area contributed by atoms with E-state index < -0.39 is 0 Å². The maximum absolute atomic E-state index is 11.6. The lowest BCUT2D eigenvalue weighted by atomic mass is 9.99. The molecular formula is C19H22N2O3. The van der Waals surface area contributed by atoms with Gasteiger partial charge in [0.2, 0.25) is 0 Å². The number of anilines is 1. The van der Waals surface area contributed by atoms with Crippen molar-refractivity contribution >= 4 is 11.7 Å². The molecule has 2 amide bonds. The van der Waals surface area contributed by atoms with Gasteiger partial charge in [0.1, 0.15) is 0 Å². The summed E-state index contributed by atoms with van der Waals surface area (Å²) in [5.41, 5.74) is 2.13. The molecule has 1 fully saturated rings.